The van der Waals surface area contributed by atoms with Gasteiger partial charge in [-0.1, -0.05) is 6.92 Å². The Morgan fingerprint density at radius 2 is 2.33 bits per heavy atom. The van der Waals surface area contributed by atoms with Gasteiger partial charge < -0.3 is 10.1 Å². The Morgan fingerprint density at radius 1 is 1.53 bits per heavy atom. The van der Waals surface area contributed by atoms with Gasteiger partial charge in [0.1, 0.15) is 5.01 Å². The van der Waals surface area contributed by atoms with E-state index in [2.05, 4.69) is 17.2 Å². The van der Waals surface area contributed by atoms with Crippen LogP contribution in [0.25, 0.3) is 0 Å². The predicted octanol–water partition coefficient (Wildman–Crippen LogP) is 2.05. The summed E-state index contributed by atoms with van der Waals surface area (Å²) < 4.78 is 5.38. The van der Waals surface area contributed by atoms with Gasteiger partial charge in [-0.25, -0.2) is 4.98 Å². The number of ether oxygens (including phenoxy) is 1. The number of nitrogens with one attached hydrogen (secondary N) is 1. The molecule has 84 valence electrons. The molecule has 0 radical (unpaired) electrons. The van der Waals surface area contributed by atoms with Gasteiger partial charge in [-0.05, 0) is 18.3 Å². The zero-order valence-electron chi connectivity index (χ0n) is 9.16. The highest BCUT2D eigenvalue weighted by Crippen LogP contribution is 2.28. The Labute approximate surface area is 94.9 Å². The van der Waals surface area contributed by atoms with Crippen LogP contribution in [0.15, 0.2) is 11.6 Å². The topological polar surface area (TPSA) is 34.2 Å². The molecular formula is C11H18N2OS. The first kappa shape index (κ1) is 11.0. The molecule has 2 rings (SSSR count). The molecule has 0 spiro atoms. The molecule has 0 bridgehead atoms. The summed E-state index contributed by atoms with van der Waals surface area (Å²) in [5.41, 5.74) is 0.412. The van der Waals surface area contributed by atoms with Gasteiger partial charge in [0, 0.05) is 37.9 Å². The van der Waals surface area contributed by atoms with Gasteiger partial charge in [-0.15, -0.1) is 11.3 Å². The second-order valence-electron chi connectivity index (χ2n) is 4.45. The molecule has 0 saturated carbocycles. The fourth-order valence-electron chi connectivity index (χ4n) is 1.85. The Balaban J connectivity index is 1.72. The molecule has 1 fully saturated rings. The number of thiazole rings is 1. The van der Waals surface area contributed by atoms with Crippen molar-refractivity contribution in [1.29, 1.82) is 0 Å². The molecule has 1 aliphatic heterocycles. The van der Waals surface area contributed by atoms with Crippen molar-refractivity contribution in [3.8, 4) is 0 Å². The summed E-state index contributed by atoms with van der Waals surface area (Å²) in [6.45, 7) is 6.12. The molecule has 3 nitrogen and oxygen atoms in total. The van der Waals surface area contributed by atoms with Crippen molar-refractivity contribution in [2.24, 2.45) is 5.41 Å². The summed E-state index contributed by atoms with van der Waals surface area (Å²) in [4.78, 5) is 4.25. The van der Waals surface area contributed by atoms with E-state index >= 15 is 0 Å². The van der Waals surface area contributed by atoms with Crippen molar-refractivity contribution in [2.75, 3.05) is 19.8 Å². The van der Waals surface area contributed by atoms with Crippen molar-refractivity contribution < 1.29 is 4.74 Å². The summed E-state index contributed by atoms with van der Waals surface area (Å²) in [6, 6.07) is 0. The predicted molar refractivity (Wildman–Crippen MR) is 62.0 cm³/mol. The highest BCUT2D eigenvalue weighted by atomic mass is 32.1. The van der Waals surface area contributed by atoms with E-state index in [1.54, 1.807) is 11.3 Å². The summed E-state index contributed by atoms with van der Waals surface area (Å²) in [5, 5.41) is 6.68. The first-order chi connectivity index (χ1) is 7.29. The third kappa shape index (κ3) is 3.26. The average molecular weight is 226 g/mol. The number of hydrogen-bond acceptors (Lipinski definition) is 4. The van der Waals surface area contributed by atoms with E-state index in [0.717, 1.165) is 39.1 Å². The second kappa shape index (κ2) is 5.05. The van der Waals surface area contributed by atoms with E-state index in [1.165, 1.54) is 5.01 Å². The monoisotopic (exact) mass is 226 g/mol. The second-order valence-corrected chi connectivity index (χ2v) is 5.43. The lowest BCUT2D eigenvalue weighted by Gasteiger charge is -2.33. The molecule has 0 aromatic carbocycles. The number of rotatable bonds is 4. The highest BCUT2D eigenvalue weighted by Gasteiger charge is 2.26. The lowest BCUT2D eigenvalue weighted by atomic mass is 9.82. The van der Waals surface area contributed by atoms with Crippen LogP contribution in [0.4, 0.5) is 0 Å². The smallest absolute Gasteiger partial charge is 0.106 e. The van der Waals surface area contributed by atoms with Crippen molar-refractivity contribution in [1.82, 2.24) is 10.3 Å². The molecule has 2 heterocycles. The van der Waals surface area contributed by atoms with Crippen LogP contribution in [0.1, 0.15) is 24.8 Å². The zero-order chi connectivity index (χ0) is 10.6. The largest absolute Gasteiger partial charge is 0.381 e. The van der Waals surface area contributed by atoms with Crippen molar-refractivity contribution in [3.05, 3.63) is 16.6 Å². The summed E-state index contributed by atoms with van der Waals surface area (Å²) in [7, 11) is 0. The SMILES string of the molecule is CC1(CNCc2nccs2)CCOCC1. The number of nitrogens with zero attached hydrogens (tertiary/aromatic N) is 1. The summed E-state index contributed by atoms with van der Waals surface area (Å²) in [6.07, 6.45) is 4.19. The number of aromatic nitrogens is 1. The molecule has 1 saturated heterocycles. The Hall–Kier alpha value is -0.450. The Morgan fingerprint density at radius 3 is 3.00 bits per heavy atom. The van der Waals surface area contributed by atoms with Crippen LogP contribution < -0.4 is 5.32 Å². The lowest BCUT2D eigenvalue weighted by Crippen LogP contribution is -2.36. The first-order valence-electron chi connectivity index (χ1n) is 5.45. The van der Waals surface area contributed by atoms with Gasteiger partial charge in [0.25, 0.3) is 0 Å². The molecule has 0 amide bonds. The van der Waals surface area contributed by atoms with Crippen LogP contribution in [0.5, 0.6) is 0 Å². The molecule has 1 aliphatic rings. The fourth-order valence-corrected chi connectivity index (χ4v) is 2.44. The van der Waals surface area contributed by atoms with Crippen molar-refractivity contribution in [2.45, 2.75) is 26.3 Å². The third-order valence-electron chi connectivity index (χ3n) is 3.01. The zero-order valence-corrected chi connectivity index (χ0v) is 9.98. The van der Waals surface area contributed by atoms with Gasteiger partial charge in [-0.2, -0.15) is 0 Å². The standard InChI is InChI=1S/C11H18N2OS/c1-11(2-5-14-6-3-11)9-12-8-10-13-4-7-15-10/h4,7,12H,2-3,5-6,8-9H2,1H3. The van der Waals surface area contributed by atoms with E-state index in [4.69, 9.17) is 4.74 Å². The maximum atomic E-state index is 5.38. The van der Waals surface area contributed by atoms with Gasteiger partial charge in [0.2, 0.25) is 0 Å². The van der Waals surface area contributed by atoms with E-state index in [9.17, 15) is 0 Å². The molecule has 1 aromatic rings. The van der Waals surface area contributed by atoms with Gasteiger partial charge in [0.05, 0.1) is 0 Å². The molecule has 0 atom stereocenters. The lowest BCUT2D eigenvalue weighted by molar-refractivity contribution is 0.0240. The summed E-state index contributed by atoms with van der Waals surface area (Å²) in [5.74, 6) is 0. The van der Waals surface area contributed by atoms with Gasteiger partial charge >= 0.3 is 0 Å². The molecule has 0 aliphatic carbocycles. The van der Waals surface area contributed by atoms with Crippen molar-refractivity contribution >= 4 is 11.3 Å². The van der Waals surface area contributed by atoms with Crippen LogP contribution in [-0.4, -0.2) is 24.7 Å². The minimum Gasteiger partial charge on any atom is -0.381 e. The maximum Gasteiger partial charge on any atom is 0.106 e. The molecule has 1 N–H and O–H groups in total. The van der Waals surface area contributed by atoms with E-state index in [0.29, 0.717) is 5.41 Å². The molecule has 4 heteroatoms. The summed E-state index contributed by atoms with van der Waals surface area (Å²) >= 11 is 1.71. The Bertz CT molecular complexity index is 281. The molecule has 0 unspecified atom stereocenters. The van der Waals surface area contributed by atoms with E-state index in [1.807, 2.05) is 11.6 Å². The quantitative estimate of drug-likeness (QED) is 0.853. The normalized spacial score (nSPS) is 20.3. The van der Waals surface area contributed by atoms with Gasteiger partial charge in [0.15, 0.2) is 0 Å². The minimum absolute atomic E-state index is 0.412. The van der Waals surface area contributed by atoms with E-state index in [-0.39, 0.29) is 0 Å². The van der Waals surface area contributed by atoms with Crippen molar-refractivity contribution in [3.63, 3.8) is 0 Å². The average Bonchev–Trinajstić information content (AvgIpc) is 2.71. The third-order valence-corrected chi connectivity index (χ3v) is 3.79. The van der Waals surface area contributed by atoms with Crippen LogP contribution in [-0.2, 0) is 11.3 Å². The molecule has 1 aromatic heterocycles. The molecule has 15 heavy (non-hydrogen) atoms. The Kier molecular flexibility index (Phi) is 3.72. The van der Waals surface area contributed by atoms with Crippen LogP contribution >= 0.6 is 11.3 Å². The van der Waals surface area contributed by atoms with Crippen LogP contribution in [0, 0.1) is 5.41 Å². The fraction of sp³-hybridized carbons (Fsp3) is 0.727. The van der Waals surface area contributed by atoms with E-state index < -0.39 is 0 Å². The minimum atomic E-state index is 0.412. The van der Waals surface area contributed by atoms with Crippen LogP contribution in [0.2, 0.25) is 0 Å². The molecular weight excluding hydrogens is 208 g/mol. The highest BCUT2D eigenvalue weighted by molar-refractivity contribution is 7.09. The maximum absolute atomic E-state index is 5.38. The first-order valence-corrected chi connectivity index (χ1v) is 6.33. The number of hydrogen-bond donors (Lipinski definition) is 1. The van der Waals surface area contributed by atoms with Gasteiger partial charge in [-0.3, -0.25) is 0 Å². The van der Waals surface area contributed by atoms with Crippen LogP contribution in [0.3, 0.4) is 0 Å².